The van der Waals surface area contributed by atoms with Crippen LogP contribution < -0.4 is 5.73 Å². The maximum absolute atomic E-state index is 12.7. The maximum atomic E-state index is 12.7. The lowest BCUT2D eigenvalue weighted by Crippen LogP contribution is -2.49. The minimum absolute atomic E-state index is 0.0150. The van der Waals surface area contributed by atoms with E-state index in [1.165, 1.54) is 0 Å². The van der Waals surface area contributed by atoms with Crippen LogP contribution in [0.25, 0.3) is 0 Å². The molecule has 1 saturated heterocycles. The second kappa shape index (κ2) is 5.72. The third kappa shape index (κ3) is 2.44. The second-order valence-corrected chi connectivity index (χ2v) is 6.07. The van der Waals surface area contributed by atoms with E-state index < -0.39 is 5.91 Å². The lowest BCUT2D eigenvalue weighted by molar-refractivity contribution is -0.0605. The number of nitrogens with zero attached hydrogens (tertiary/aromatic N) is 4. The molecular weight excluding hydrogens is 310 g/mol. The van der Waals surface area contributed by atoms with Crippen LogP contribution >= 0.6 is 0 Å². The van der Waals surface area contributed by atoms with Crippen molar-refractivity contribution in [2.45, 2.75) is 25.2 Å². The molecule has 2 N–H and O–H groups in total. The van der Waals surface area contributed by atoms with E-state index in [1.54, 1.807) is 35.4 Å². The van der Waals surface area contributed by atoms with Crippen LogP contribution in [-0.4, -0.2) is 50.9 Å². The summed E-state index contributed by atoms with van der Waals surface area (Å²) in [6.07, 6.45) is 2.51. The first-order valence-corrected chi connectivity index (χ1v) is 7.83. The molecule has 0 radical (unpaired) electrons. The van der Waals surface area contributed by atoms with Gasteiger partial charge in [-0.05, 0) is 30.7 Å². The Morgan fingerprint density at radius 2 is 1.96 bits per heavy atom. The number of hydrogen-bond acceptors (Lipinski definition) is 5. The SMILES string of the molecule is NC(=O)c1ccc(C(=O)N2CCC3OCc4cnnn4C3C2)cc1. The molecule has 2 amide bonds. The summed E-state index contributed by atoms with van der Waals surface area (Å²) in [5, 5.41) is 8.07. The van der Waals surface area contributed by atoms with E-state index in [0.29, 0.717) is 30.8 Å². The highest BCUT2D eigenvalue weighted by Gasteiger charge is 2.38. The number of amides is 2. The van der Waals surface area contributed by atoms with E-state index in [4.69, 9.17) is 10.5 Å². The van der Waals surface area contributed by atoms with Crippen molar-refractivity contribution in [3.63, 3.8) is 0 Å². The summed E-state index contributed by atoms with van der Waals surface area (Å²) < 4.78 is 7.72. The van der Waals surface area contributed by atoms with Gasteiger partial charge in [-0.2, -0.15) is 0 Å². The Labute approximate surface area is 138 Å². The fourth-order valence-electron chi connectivity index (χ4n) is 3.32. The first kappa shape index (κ1) is 14.8. The Hall–Kier alpha value is -2.74. The molecule has 124 valence electrons. The summed E-state index contributed by atoms with van der Waals surface area (Å²) in [5.41, 5.74) is 7.08. The Kier molecular flexibility index (Phi) is 3.53. The number of rotatable bonds is 2. The molecule has 0 spiro atoms. The van der Waals surface area contributed by atoms with E-state index in [0.717, 1.165) is 12.1 Å². The number of primary amides is 1. The van der Waals surface area contributed by atoms with Crippen LogP contribution in [-0.2, 0) is 11.3 Å². The fraction of sp³-hybridized carbons (Fsp3) is 0.375. The predicted octanol–water partition coefficient (Wildman–Crippen LogP) is 0.363. The van der Waals surface area contributed by atoms with Gasteiger partial charge in [0.1, 0.15) is 0 Å². The molecule has 2 aliphatic heterocycles. The lowest BCUT2D eigenvalue weighted by Gasteiger charge is -2.41. The highest BCUT2D eigenvalue weighted by molar-refractivity contribution is 5.97. The smallest absolute Gasteiger partial charge is 0.253 e. The van der Waals surface area contributed by atoms with Crippen molar-refractivity contribution in [1.82, 2.24) is 19.9 Å². The molecule has 3 heterocycles. The molecule has 0 bridgehead atoms. The van der Waals surface area contributed by atoms with E-state index in [9.17, 15) is 9.59 Å². The van der Waals surface area contributed by atoms with Gasteiger partial charge in [-0.15, -0.1) is 5.10 Å². The van der Waals surface area contributed by atoms with Gasteiger partial charge in [0.15, 0.2) is 0 Å². The molecule has 2 unspecified atom stereocenters. The van der Waals surface area contributed by atoms with E-state index in [1.807, 2.05) is 4.68 Å². The first-order chi connectivity index (χ1) is 11.6. The first-order valence-electron chi connectivity index (χ1n) is 7.83. The zero-order valence-corrected chi connectivity index (χ0v) is 13.0. The van der Waals surface area contributed by atoms with Crippen LogP contribution in [0.3, 0.4) is 0 Å². The average Bonchev–Trinajstić information content (AvgIpc) is 3.10. The number of nitrogens with two attached hydrogens (primary N) is 1. The van der Waals surface area contributed by atoms with Crippen LogP contribution in [0.4, 0.5) is 0 Å². The molecule has 8 nitrogen and oxygen atoms in total. The molecule has 2 aromatic rings. The third-order valence-corrected chi connectivity index (χ3v) is 4.63. The molecule has 1 aromatic heterocycles. The largest absolute Gasteiger partial charge is 0.370 e. The molecule has 8 heteroatoms. The van der Waals surface area contributed by atoms with Crippen molar-refractivity contribution < 1.29 is 14.3 Å². The average molecular weight is 327 g/mol. The van der Waals surface area contributed by atoms with Gasteiger partial charge in [-0.1, -0.05) is 5.21 Å². The van der Waals surface area contributed by atoms with Crippen LogP contribution in [0.2, 0.25) is 0 Å². The number of carbonyl (C=O) groups is 2. The van der Waals surface area contributed by atoms with Crippen molar-refractivity contribution in [1.29, 1.82) is 0 Å². The number of carbonyl (C=O) groups excluding carboxylic acids is 2. The van der Waals surface area contributed by atoms with Crippen molar-refractivity contribution in [3.8, 4) is 0 Å². The number of aromatic nitrogens is 3. The van der Waals surface area contributed by atoms with Gasteiger partial charge in [0.25, 0.3) is 5.91 Å². The van der Waals surface area contributed by atoms with Crippen molar-refractivity contribution >= 4 is 11.8 Å². The Bertz CT molecular complexity index is 785. The Morgan fingerprint density at radius 1 is 1.21 bits per heavy atom. The molecule has 4 rings (SSSR count). The maximum Gasteiger partial charge on any atom is 0.253 e. The van der Waals surface area contributed by atoms with Crippen LogP contribution in [0.5, 0.6) is 0 Å². The van der Waals surface area contributed by atoms with Crippen LogP contribution in [0.1, 0.15) is 38.9 Å². The summed E-state index contributed by atoms with van der Waals surface area (Å²) in [6.45, 7) is 1.66. The Morgan fingerprint density at radius 3 is 2.71 bits per heavy atom. The molecule has 0 aliphatic carbocycles. The number of benzene rings is 1. The summed E-state index contributed by atoms with van der Waals surface area (Å²) in [6, 6.07) is 6.39. The number of fused-ring (bicyclic) bond motifs is 3. The third-order valence-electron chi connectivity index (χ3n) is 4.63. The van der Waals surface area contributed by atoms with E-state index >= 15 is 0 Å². The number of piperidine rings is 1. The van der Waals surface area contributed by atoms with Gasteiger partial charge in [0.2, 0.25) is 5.91 Å². The fourth-order valence-corrected chi connectivity index (χ4v) is 3.32. The summed E-state index contributed by atoms with van der Waals surface area (Å²) in [4.78, 5) is 25.7. The van der Waals surface area contributed by atoms with Gasteiger partial charge in [0.05, 0.1) is 30.6 Å². The highest BCUT2D eigenvalue weighted by atomic mass is 16.5. The summed E-state index contributed by atoms with van der Waals surface area (Å²) in [7, 11) is 0. The molecular formula is C16H17N5O3. The topological polar surface area (TPSA) is 103 Å². The predicted molar refractivity (Wildman–Crippen MR) is 83.1 cm³/mol. The quantitative estimate of drug-likeness (QED) is 0.858. The summed E-state index contributed by atoms with van der Waals surface area (Å²) in [5.74, 6) is -0.579. The molecule has 1 fully saturated rings. The normalized spacial score (nSPS) is 22.6. The zero-order chi connectivity index (χ0) is 16.7. The molecule has 0 saturated carbocycles. The van der Waals surface area contributed by atoms with Gasteiger partial charge in [-0.3, -0.25) is 9.59 Å². The molecule has 2 atom stereocenters. The van der Waals surface area contributed by atoms with Crippen molar-refractivity contribution in [2.24, 2.45) is 5.73 Å². The number of hydrogen-bond donors (Lipinski definition) is 1. The lowest BCUT2D eigenvalue weighted by atomic mass is 9.99. The van der Waals surface area contributed by atoms with Crippen LogP contribution in [0, 0.1) is 0 Å². The van der Waals surface area contributed by atoms with Crippen molar-refractivity contribution in [2.75, 3.05) is 13.1 Å². The number of likely N-dealkylation sites (tertiary alicyclic amines) is 1. The second-order valence-electron chi connectivity index (χ2n) is 6.07. The van der Waals surface area contributed by atoms with Crippen LogP contribution in [0.15, 0.2) is 30.5 Å². The van der Waals surface area contributed by atoms with Gasteiger partial charge in [0, 0.05) is 24.2 Å². The van der Waals surface area contributed by atoms with Gasteiger partial charge in [-0.25, -0.2) is 4.68 Å². The molecule has 2 aliphatic rings. The minimum atomic E-state index is -0.507. The van der Waals surface area contributed by atoms with E-state index in [-0.39, 0.29) is 18.1 Å². The number of ether oxygens (including phenoxy) is 1. The zero-order valence-electron chi connectivity index (χ0n) is 13.0. The van der Waals surface area contributed by atoms with Gasteiger partial charge >= 0.3 is 0 Å². The van der Waals surface area contributed by atoms with Gasteiger partial charge < -0.3 is 15.4 Å². The van der Waals surface area contributed by atoms with Crippen molar-refractivity contribution in [3.05, 3.63) is 47.3 Å². The monoisotopic (exact) mass is 327 g/mol. The molecule has 24 heavy (non-hydrogen) atoms. The highest BCUT2D eigenvalue weighted by Crippen LogP contribution is 2.30. The standard InChI is InChI=1S/C16H17N5O3/c17-15(22)10-1-3-11(4-2-10)16(23)20-6-5-14-13(8-20)21-12(9-24-14)7-18-19-21/h1-4,7,13-14H,5-6,8-9H2,(H2,17,22). The minimum Gasteiger partial charge on any atom is -0.370 e. The van der Waals surface area contributed by atoms with E-state index in [2.05, 4.69) is 10.3 Å². The molecule has 1 aromatic carbocycles. The summed E-state index contributed by atoms with van der Waals surface area (Å²) >= 11 is 0. The Balaban J connectivity index is 1.53.